The van der Waals surface area contributed by atoms with Gasteiger partial charge in [0.25, 0.3) is 0 Å². The second-order valence-electron chi connectivity index (χ2n) is 3.70. The van der Waals surface area contributed by atoms with Gasteiger partial charge in [-0.25, -0.2) is 5.84 Å². The van der Waals surface area contributed by atoms with Crippen molar-refractivity contribution in [3.8, 4) is 0 Å². The first kappa shape index (κ1) is 16.5. The zero-order chi connectivity index (χ0) is 12.8. The molecule has 5 nitrogen and oxygen atoms in total. The summed E-state index contributed by atoms with van der Waals surface area (Å²) in [6.07, 6.45) is 7.10. The predicted octanol–water partition coefficient (Wildman–Crippen LogP) is 0.965. The summed E-state index contributed by atoms with van der Waals surface area (Å²) in [5, 5.41) is 3.07. The van der Waals surface area contributed by atoms with Crippen LogP contribution < -0.4 is 16.6 Å². The number of nitrogens with one attached hydrogen (secondary N) is 2. The lowest BCUT2D eigenvalue weighted by Crippen LogP contribution is -2.42. The van der Waals surface area contributed by atoms with E-state index in [4.69, 9.17) is 10.6 Å². The van der Waals surface area contributed by atoms with E-state index >= 15 is 0 Å². The van der Waals surface area contributed by atoms with Gasteiger partial charge in [0.15, 0.2) is 0 Å². The highest BCUT2D eigenvalue weighted by atomic mass is 32.2. The summed E-state index contributed by atoms with van der Waals surface area (Å²) in [6.45, 7) is 2.18. The first-order valence-electron chi connectivity index (χ1n) is 6.08. The van der Waals surface area contributed by atoms with Gasteiger partial charge in [0.05, 0.1) is 6.61 Å². The number of aliphatic imine (C=N–C) groups is 1. The van der Waals surface area contributed by atoms with Gasteiger partial charge in [-0.2, -0.15) is 11.8 Å². The molecule has 0 saturated heterocycles. The summed E-state index contributed by atoms with van der Waals surface area (Å²) in [5.74, 6) is 7.25. The molecule has 0 aliphatic heterocycles. The van der Waals surface area contributed by atoms with Crippen LogP contribution >= 0.6 is 11.8 Å². The van der Waals surface area contributed by atoms with E-state index in [1.807, 2.05) is 11.8 Å². The van der Waals surface area contributed by atoms with E-state index in [0.29, 0.717) is 19.1 Å². The Morgan fingerprint density at radius 1 is 1.29 bits per heavy atom. The van der Waals surface area contributed by atoms with Crippen LogP contribution in [0, 0.1) is 0 Å². The van der Waals surface area contributed by atoms with Crippen molar-refractivity contribution >= 4 is 17.7 Å². The van der Waals surface area contributed by atoms with Gasteiger partial charge in [-0.15, -0.1) is 0 Å². The van der Waals surface area contributed by atoms with Crippen LogP contribution in [0.25, 0.3) is 0 Å². The molecule has 17 heavy (non-hydrogen) atoms. The van der Waals surface area contributed by atoms with E-state index in [9.17, 15) is 0 Å². The topological polar surface area (TPSA) is 71.7 Å². The average Bonchev–Trinajstić information content (AvgIpc) is 2.35. The van der Waals surface area contributed by atoms with Crippen molar-refractivity contribution in [2.24, 2.45) is 10.8 Å². The molecule has 0 aromatic carbocycles. The van der Waals surface area contributed by atoms with Crippen molar-refractivity contribution in [1.29, 1.82) is 0 Å². The third-order valence-electron chi connectivity index (χ3n) is 2.26. The van der Waals surface area contributed by atoms with E-state index in [-0.39, 0.29) is 0 Å². The number of guanidine groups is 1. The van der Waals surface area contributed by atoms with E-state index < -0.39 is 0 Å². The lowest BCUT2D eigenvalue weighted by atomic mass is 10.2. The zero-order valence-electron chi connectivity index (χ0n) is 11.0. The predicted molar refractivity (Wildman–Crippen MR) is 76.4 cm³/mol. The Hall–Kier alpha value is -0.460. The molecular weight excluding hydrogens is 236 g/mol. The normalized spacial score (nSPS) is 11.6. The SMILES string of the molecule is COCCNC(=NCCCCCCSC)NN. The molecule has 0 rings (SSSR count). The Balaban J connectivity index is 3.44. The molecule has 0 aliphatic rings. The van der Waals surface area contributed by atoms with Crippen molar-refractivity contribution in [2.75, 3.05) is 38.8 Å². The van der Waals surface area contributed by atoms with Gasteiger partial charge >= 0.3 is 0 Å². The number of ether oxygens (including phenoxy) is 1. The molecule has 0 unspecified atom stereocenters. The first-order valence-corrected chi connectivity index (χ1v) is 7.47. The highest BCUT2D eigenvalue weighted by Gasteiger charge is 1.94. The molecule has 6 heteroatoms. The molecule has 0 bridgehead atoms. The van der Waals surface area contributed by atoms with Crippen LogP contribution in [0.5, 0.6) is 0 Å². The lowest BCUT2D eigenvalue weighted by molar-refractivity contribution is 0.203. The van der Waals surface area contributed by atoms with Crippen molar-refractivity contribution in [3.63, 3.8) is 0 Å². The highest BCUT2D eigenvalue weighted by molar-refractivity contribution is 7.98. The largest absolute Gasteiger partial charge is 0.383 e. The molecule has 4 N–H and O–H groups in total. The summed E-state index contributed by atoms with van der Waals surface area (Å²) in [6, 6.07) is 0. The minimum atomic E-state index is 0.645. The number of thioether (sulfide) groups is 1. The Labute approximate surface area is 109 Å². The molecule has 0 saturated carbocycles. The van der Waals surface area contributed by atoms with Gasteiger partial charge in [0.2, 0.25) is 5.96 Å². The number of nitrogens with two attached hydrogens (primary N) is 1. The van der Waals surface area contributed by atoms with E-state index in [0.717, 1.165) is 13.0 Å². The maximum Gasteiger partial charge on any atom is 0.205 e. The molecule has 0 atom stereocenters. The Kier molecular flexibility index (Phi) is 13.2. The van der Waals surface area contributed by atoms with Crippen LogP contribution in [0.15, 0.2) is 4.99 Å². The molecule has 102 valence electrons. The summed E-state index contributed by atoms with van der Waals surface area (Å²) >= 11 is 1.91. The van der Waals surface area contributed by atoms with Crippen LogP contribution in [0.3, 0.4) is 0 Å². The van der Waals surface area contributed by atoms with Gasteiger partial charge in [0, 0.05) is 20.2 Å². The third kappa shape index (κ3) is 11.8. The Morgan fingerprint density at radius 3 is 2.71 bits per heavy atom. The number of rotatable bonds is 10. The molecule has 0 fully saturated rings. The van der Waals surface area contributed by atoms with Crippen molar-refractivity contribution < 1.29 is 4.74 Å². The molecule has 0 heterocycles. The van der Waals surface area contributed by atoms with Gasteiger partial charge in [-0.3, -0.25) is 10.4 Å². The number of nitrogens with zero attached hydrogens (tertiary/aromatic N) is 1. The number of hydrazine groups is 1. The van der Waals surface area contributed by atoms with Crippen LogP contribution in [0.4, 0.5) is 0 Å². The maximum atomic E-state index is 5.35. The van der Waals surface area contributed by atoms with Crippen LogP contribution in [-0.2, 0) is 4.74 Å². The van der Waals surface area contributed by atoms with Crippen molar-refractivity contribution in [3.05, 3.63) is 0 Å². The summed E-state index contributed by atoms with van der Waals surface area (Å²) < 4.78 is 4.93. The van der Waals surface area contributed by atoms with Gasteiger partial charge < -0.3 is 10.1 Å². The minimum absolute atomic E-state index is 0.645. The first-order chi connectivity index (χ1) is 8.35. The summed E-state index contributed by atoms with van der Waals surface area (Å²) in [5.41, 5.74) is 2.55. The average molecular weight is 262 g/mol. The van der Waals surface area contributed by atoms with Crippen molar-refractivity contribution in [2.45, 2.75) is 25.7 Å². The quantitative estimate of drug-likeness (QED) is 0.180. The zero-order valence-corrected chi connectivity index (χ0v) is 11.8. The molecule has 0 aromatic heterocycles. The second-order valence-corrected chi connectivity index (χ2v) is 4.69. The van der Waals surface area contributed by atoms with Crippen LogP contribution in [-0.4, -0.2) is 44.8 Å². The van der Waals surface area contributed by atoms with Gasteiger partial charge in [-0.05, 0) is 24.9 Å². The molecule has 0 spiro atoms. The fourth-order valence-electron chi connectivity index (χ4n) is 1.33. The monoisotopic (exact) mass is 262 g/mol. The highest BCUT2D eigenvalue weighted by Crippen LogP contribution is 2.04. The standard InChI is InChI=1S/C11H26N4OS/c1-16-9-8-14-11(15-12)13-7-5-3-4-6-10-17-2/h3-10,12H2,1-2H3,(H2,13,14,15). The summed E-state index contributed by atoms with van der Waals surface area (Å²) in [7, 11) is 1.67. The van der Waals surface area contributed by atoms with E-state index in [1.54, 1.807) is 7.11 Å². The number of methoxy groups -OCH3 is 1. The number of hydrogen-bond acceptors (Lipinski definition) is 4. The fraction of sp³-hybridized carbons (Fsp3) is 0.909. The number of unbranched alkanes of at least 4 members (excludes halogenated alkanes) is 3. The fourth-order valence-corrected chi connectivity index (χ4v) is 1.82. The minimum Gasteiger partial charge on any atom is -0.383 e. The smallest absolute Gasteiger partial charge is 0.205 e. The van der Waals surface area contributed by atoms with E-state index in [1.165, 1.54) is 25.0 Å². The number of hydrogen-bond donors (Lipinski definition) is 3. The Morgan fingerprint density at radius 2 is 2.06 bits per heavy atom. The molecule has 0 aromatic rings. The van der Waals surface area contributed by atoms with Crippen LogP contribution in [0.1, 0.15) is 25.7 Å². The lowest BCUT2D eigenvalue weighted by Gasteiger charge is -2.08. The third-order valence-corrected chi connectivity index (χ3v) is 2.96. The Bertz CT molecular complexity index is 190. The maximum absolute atomic E-state index is 5.35. The molecular formula is C11H26N4OS. The summed E-state index contributed by atoms with van der Waals surface area (Å²) in [4.78, 5) is 4.34. The molecule has 0 amide bonds. The molecule has 0 radical (unpaired) electrons. The molecule has 0 aliphatic carbocycles. The second kappa shape index (κ2) is 13.6. The van der Waals surface area contributed by atoms with Gasteiger partial charge in [-0.1, -0.05) is 12.8 Å². The van der Waals surface area contributed by atoms with Gasteiger partial charge in [0.1, 0.15) is 0 Å². The van der Waals surface area contributed by atoms with E-state index in [2.05, 4.69) is 22.0 Å². The van der Waals surface area contributed by atoms with Crippen molar-refractivity contribution in [1.82, 2.24) is 10.7 Å². The van der Waals surface area contributed by atoms with Crippen LogP contribution in [0.2, 0.25) is 0 Å².